The number of hydrogen-bond donors (Lipinski definition) is 3. The van der Waals surface area contributed by atoms with Gasteiger partial charge in [-0.1, -0.05) is 38.1 Å². The summed E-state index contributed by atoms with van der Waals surface area (Å²) < 4.78 is 75.6. The lowest BCUT2D eigenvalue weighted by atomic mass is 9.80. The van der Waals surface area contributed by atoms with Crippen molar-refractivity contribution in [1.82, 2.24) is 0 Å². The number of nitrogens with zero attached hydrogens (tertiary/aromatic N) is 2. The maximum atomic E-state index is 11.9. The lowest BCUT2D eigenvalue weighted by Gasteiger charge is -2.27. The van der Waals surface area contributed by atoms with Crippen LogP contribution in [0.5, 0.6) is 5.75 Å². The molecule has 0 saturated heterocycles. The normalized spacial score (nSPS) is 18.2. The molecule has 8 rings (SSSR count). The van der Waals surface area contributed by atoms with E-state index in [-0.39, 0.29) is 29.9 Å². The number of carboxylic acid groups (broad SMARTS) is 1. The summed E-state index contributed by atoms with van der Waals surface area (Å²) in [5, 5.41) is 13.7. The molecule has 3 aliphatic rings. The molecule has 4 heterocycles. The van der Waals surface area contributed by atoms with Crippen molar-refractivity contribution in [3.05, 3.63) is 159 Å². The molecule has 0 bridgehead atoms. The van der Waals surface area contributed by atoms with Crippen LogP contribution < -0.4 is 9.64 Å². The Kier molecular flexibility index (Phi) is 13.3. The number of anilines is 1. The maximum Gasteiger partial charge on any atom is 0.335 e. The summed E-state index contributed by atoms with van der Waals surface area (Å²) in [5.41, 5.74) is 9.24. The molecule has 0 fully saturated rings. The first-order valence-corrected chi connectivity index (χ1v) is 26.8. The zero-order valence-electron chi connectivity index (χ0n) is 37.2. The van der Waals surface area contributed by atoms with Crippen molar-refractivity contribution in [2.24, 2.45) is 0 Å². The van der Waals surface area contributed by atoms with Crippen LogP contribution in [0, 0.1) is 0 Å². The van der Waals surface area contributed by atoms with Gasteiger partial charge in [-0.2, -0.15) is 21.4 Å². The molecule has 0 unspecified atom stereocenters. The summed E-state index contributed by atoms with van der Waals surface area (Å²) in [6, 6.07) is 27.3. The second kappa shape index (κ2) is 18.7. The molecule has 344 valence electrons. The van der Waals surface area contributed by atoms with Gasteiger partial charge in [0, 0.05) is 57.2 Å². The molecule has 0 spiro atoms. The minimum absolute atomic E-state index is 0.135. The van der Waals surface area contributed by atoms with E-state index in [1.807, 2.05) is 22.9 Å². The van der Waals surface area contributed by atoms with Crippen molar-refractivity contribution in [3.63, 3.8) is 0 Å². The molecule has 3 aromatic carbocycles. The summed E-state index contributed by atoms with van der Waals surface area (Å²) in [4.78, 5) is 16.2. The molecule has 2 aliphatic heterocycles. The first kappa shape index (κ1) is 47.1. The Morgan fingerprint density at radius 2 is 1.41 bits per heavy atom. The Labute approximate surface area is 394 Å². The number of carboxylic acids is 1. The average Bonchev–Trinajstić information content (AvgIpc) is 4.07. The van der Waals surface area contributed by atoms with Crippen molar-refractivity contribution in [3.8, 4) is 26.6 Å². The number of rotatable bonds is 16. The van der Waals surface area contributed by atoms with Gasteiger partial charge in [0.25, 0.3) is 20.2 Å². The number of allylic oxidation sites excluding steroid dienone is 7. The fraction of sp³-hybridized carbons (Fsp3) is 0.294. The van der Waals surface area contributed by atoms with Crippen LogP contribution in [0.4, 0.5) is 11.4 Å². The number of fused-ring (bicyclic) bond motifs is 2. The van der Waals surface area contributed by atoms with E-state index in [1.54, 1.807) is 34.8 Å². The highest BCUT2D eigenvalue weighted by Gasteiger charge is 2.45. The van der Waals surface area contributed by atoms with Crippen LogP contribution in [0.3, 0.4) is 0 Å². The van der Waals surface area contributed by atoms with Gasteiger partial charge in [0.05, 0.1) is 22.5 Å². The van der Waals surface area contributed by atoms with Crippen molar-refractivity contribution < 1.29 is 45.2 Å². The third-order valence-corrected chi connectivity index (χ3v) is 16.1. The first-order valence-electron chi connectivity index (χ1n) is 21.8. The smallest absolute Gasteiger partial charge is 0.335 e. The molecule has 0 saturated carbocycles. The first-order chi connectivity index (χ1) is 31.3. The van der Waals surface area contributed by atoms with E-state index in [0.717, 1.165) is 72.4 Å². The Hall–Kier alpha value is -5.42. The average molecular weight is 966 g/mol. The lowest BCUT2D eigenvalue weighted by Crippen LogP contribution is -2.28. The minimum Gasteiger partial charge on any atom is -0.478 e. The van der Waals surface area contributed by atoms with E-state index in [9.17, 15) is 35.8 Å². The molecule has 15 heteroatoms. The topological polar surface area (TPSA) is 162 Å². The van der Waals surface area contributed by atoms with E-state index in [2.05, 4.69) is 110 Å². The van der Waals surface area contributed by atoms with Crippen LogP contribution in [0.25, 0.3) is 20.9 Å². The van der Waals surface area contributed by atoms with Crippen molar-refractivity contribution >= 4 is 66.0 Å². The predicted molar refractivity (Wildman–Crippen MR) is 265 cm³/mol. The molecule has 11 nitrogen and oxygen atoms in total. The maximum absolute atomic E-state index is 11.9. The Morgan fingerprint density at radius 1 is 0.773 bits per heavy atom. The van der Waals surface area contributed by atoms with Gasteiger partial charge in [0.2, 0.25) is 5.69 Å². The molecular weight excluding hydrogens is 913 g/mol. The Balaban J connectivity index is 1.22. The van der Waals surface area contributed by atoms with E-state index in [0.29, 0.717) is 37.4 Å². The van der Waals surface area contributed by atoms with Crippen LogP contribution in [0.1, 0.15) is 81.3 Å². The van der Waals surface area contributed by atoms with Crippen LogP contribution in [0.2, 0.25) is 0 Å². The molecule has 0 atom stereocenters. The molecule has 5 aromatic rings. The summed E-state index contributed by atoms with van der Waals surface area (Å²) >= 11 is 3.33. The van der Waals surface area contributed by atoms with Crippen LogP contribution in [-0.4, -0.2) is 71.9 Å². The second-order valence-electron chi connectivity index (χ2n) is 17.9. The van der Waals surface area contributed by atoms with Gasteiger partial charge >= 0.3 is 5.97 Å². The summed E-state index contributed by atoms with van der Waals surface area (Å²) in [7, 11) is -8.35. The monoisotopic (exact) mass is 965 g/mol. The fourth-order valence-electron chi connectivity index (χ4n) is 9.33. The summed E-state index contributed by atoms with van der Waals surface area (Å²) in [6.07, 6.45) is 10.9. The van der Waals surface area contributed by atoms with Gasteiger partial charge in [-0.05, 0) is 151 Å². The summed E-state index contributed by atoms with van der Waals surface area (Å²) in [6.45, 7) is 9.36. The molecule has 66 heavy (non-hydrogen) atoms. The van der Waals surface area contributed by atoms with Crippen molar-refractivity contribution in [2.75, 3.05) is 29.5 Å². The van der Waals surface area contributed by atoms with Crippen molar-refractivity contribution in [2.45, 2.75) is 70.6 Å². The molecule has 0 amide bonds. The molecule has 2 aromatic heterocycles. The third-order valence-electron chi connectivity index (χ3n) is 12.6. The molecule has 0 radical (unpaired) electrons. The van der Waals surface area contributed by atoms with Gasteiger partial charge in [-0.15, -0.1) is 22.7 Å². The SMILES string of the molecule is CC1(C)C(/C=C/C2=C(Oc3ccc(C(=O)O)cc3)C(=C/C=C3/N(CCCS(=O)(=O)O)c4ccc(-c5cccs5)cc4C3(C)C)/CCC2)=[N+](CCCS(=O)(=O)O)c2ccc(-c3cccs3)cc21. The third kappa shape index (κ3) is 10.1. The van der Waals surface area contributed by atoms with E-state index >= 15 is 0 Å². The predicted octanol–water partition coefficient (Wildman–Crippen LogP) is 11.5. The second-order valence-corrected chi connectivity index (χ2v) is 22.9. The van der Waals surface area contributed by atoms with Crippen LogP contribution >= 0.6 is 22.7 Å². The van der Waals surface area contributed by atoms with Gasteiger partial charge in [-0.25, -0.2) is 4.79 Å². The highest BCUT2D eigenvalue weighted by atomic mass is 32.2. The van der Waals surface area contributed by atoms with Gasteiger partial charge < -0.3 is 14.7 Å². The lowest BCUT2D eigenvalue weighted by molar-refractivity contribution is -0.437. The summed E-state index contributed by atoms with van der Waals surface area (Å²) in [5.74, 6) is -0.675. The highest BCUT2D eigenvalue weighted by molar-refractivity contribution is 7.86. The quantitative estimate of drug-likeness (QED) is 0.0641. The van der Waals surface area contributed by atoms with Crippen LogP contribution in [-0.2, 0) is 31.1 Å². The standard InChI is InChI=1S/C51H52N2O9S4/c1-50(2)40-32-37(44-12-6-28-63-44)16-22-42(40)52(26-8-30-65(56,57)58)46(50)24-18-34-10-5-11-35(48(34)62-39-20-14-36(15-21-39)49(54)55)19-25-47-51(3,4)41-33-38(45-13-7-29-64-45)17-23-43(41)53(47)27-9-31-66(59,60)61/h6-7,12-25,28-29,32-33H,5,8-11,26-27,30-31H2,1-4H3,(H2-,54,55,56,57,58,59,60,61)/p+1. The van der Waals surface area contributed by atoms with Gasteiger partial charge in [0.1, 0.15) is 18.1 Å². The number of hydrogen-bond acceptors (Lipinski definition) is 9. The van der Waals surface area contributed by atoms with Gasteiger partial charge in [-0.3, -0.25) is 9.11 Å². The zero-order valence-corrected chi connectivity index (χ0v) is 40.5. The highest BCUT2D eigenvalue weighted by Crippen LogP contribution is 2.50. The Bertz CT molecular complexity index is 3050. The number of carbonyl (C=O) groups is 1. The number of benzene rings is 3. The van der Waals surface area contributed by atoms with Crippen molar-refractivity contribution in [1.29, 1.82) is 0 Å². The fourth-order valence-corrected chi connectivity index (χ4v) is 11.8. The van der Waals surface area contributed by atoms with Crippen LogP contribution in [0.15, 0.2) is 143 Å². The van der Waals surface area contributed by atoms with Gasteiger partial charge in [0.15, 0.2) is 5.71 Å². The Morgan fingerprint density at radius 3 is 2.03 bits per heavy atom. The van der Waals surface area contributed by atoms with E-state index < -0.39 is 37.0 Å². The zero-order chi connectivity index (χ0) is 47.0. The molecular formula is C51H53N2O9S4+. The van der Waals surface area contributed by atoms with E-state index in [1.165, 1.54) is 12.1 Å². The minimum atomic E-state index is -4.17. The van der Waals surface area contributed by atoms with E-state index in [4.69, 9.17) is 4.74 Å². The molecule has 1 aliphatic carbocycles. The number of aromatic carboxylic acids is 1. The number of ether oxygens (including phenoxy) is 1. The number of thiophene rings is 2. The largest absolute Gasteiger partial charge is 0.478 e. The molecule has 3 N–H and O–H groups in total.